The van der Waals surface area contributed by atoms with Crippen molar-refractivity contribution < 1.29 is 22.7 Å². The van der Waals surface area contributed by atoms with Crippen molar-refractivity contribution in [2.45, 2.75) is 49.7 Å². The van der Waals surface area contributed by atoms with Crippen molar-refractivity contribution in [2.75, 3.05) is 11.6 Å². The maximum Gasteiger partial charge on any atom is 0.255 e. The van der Waals surface area contributed by atoms with E-state index < -0.39 is 15.6 Å². The first-order valence-electron chi connectivity index (χ1n) is 9.40. The number of sulfone groups is 1. The third-order valence-corrected chi connectivity index (χ3v) is 6.40. The summed E-state index contributed by atoms with van der Waals surface area (Å²) in [4.78, 5) is 12.9. The Hall–Kier alpha value is -2.54. The maximum absolute atomic E-state index is 12.7. The average molecular weight is 401 g/mol. The Bertz CT molecular complexity index is 1040. The van der Waals surface area contributed by atoms with Crippen LogP contribution in [0.2, 0.25) is 0 Å². The number of amides is 1. The van der Waals surface area contributed by atoms with Crippen LogP contribution in [0.25, 0.3) is 0 Å². The number of hydrogen-bond donors (Lipinski definition) is 1. The molecule has 7 heteroatoms. The molecule has 1 aliphatic carbocycles. The van der Waals surface area contributed by atoms with Gasteiger partial charge in [0.05, 0.1) is 4.90 Å². The predicted octanol–water partition coefficient (Wildman–Crippen LogP) is 4.08. The van der Waals surface area contributed by atoms with Gasteiger partial charge in [-0.2, -0.15) is 0 Å². The van der Waals surface area contributed by atoms with Gasteiger partial charge in [-0.1, -0.05) is 12.5 Å². The van der Waals surface area contributed by atoms with Gasteiger partial charge in [-0.3, -0.25) is 4.79 Å². The SMILES string of the molecule is Cc1ccc(S(C)(=O)=O)cc1C(=O)Nc1ccc2c(c1)OC1(CCCCC1)O2. The number of fused-ring (bicyclic) bond motifs is 1. The van der Waals surface area contributed by atoms with Crippen molar-refractivity contribution >= 4 is 21.4 Å². The van der Waals surface area contributed by atoms with E-state index in [-0.39, 0.29) is 10.8 Å². The molecule has 1 heterocycles. The molecule has 0 unspecified atom stereocenters. The van der Waals surface area contributed by atoms with Crippen LogP contribution >= 0.6 is 0 Å². The average Bonchev–Trinajstić information content (AvgIpc) is 2.98. The van der Waals surface area contributed by atoms with Crippen LogP contribution in [0.5, 0.6) is 11.5 Å². The number of carbonyl (C=O) groups excluding carboxylic acids is 1. The molecule has 0 atom stereocenters. The number of carbonyl (C=O) groups is 1. The molecule has 4 rings (SSSR count). The van der Waals surface area contributed by atoms with E-state index in [2.05, 4.69) is 5.32 Å². The van der Waals surface area contributed by atoms with Crippen molar-refractivity contribution in [2.24, 2.45) is 0 Å². The second-order valence-corrected chi connectivity index (χ2v) is 9.56. The van der Waals surface area contributed by atoms with Crippen LogP contribution in [-0.4, -0.2) is 26.4 Å². The molecule has 1 N–H and O–H groups in total. The second kappa shape index (κ2) is 6.81. The number of hydrogen-bond acceptors (Lipinski definition) is 5. The van der Waals surface area contributed by atoms with Gasteiger partial charge >= 0.3 is 0 Å². The van der Waals surface area contributed by atoms with E-state index in [1.807, 2.05) is 0 Å². The lowest BCUT2D eigenvalue weighted by Gasteiger charge is -2.31. The molecule has 28 heavy (non-hydrogen) atoms. The molecule has 2 aromatic rings. The van der Waals surface area contributed by atoms with Crippen molar-refractivity contribution in [3.8, 4) is 11.5 Å². The van der Waals surface area contributed by atoms with Crippen LogP contribution < -0.4 is 14.8 Å². The molecule has 1 saturated carbocycles. The quantitative estimate of drug-likeness (QED) is 0.838. The fourth-order valence-electron chi connectivity index (χ4n) is 3.74. The zero-order valence-corrected chi connectivity index (χ0v) is 16.8. The van der Waals surface area contributed by atoms with Crippen molar-refractivity contribution in [1.82, 2.24) is 0 Å². The Morgan fingerprint density at radius 3 is 2.43 bits per heavy atom. The standard InChI is InChI=1S/C21H23NO5S/c1-14-6-8-16(28(2,24)25)13-17(14)20(23)22-15-7-9-18-19(12-15)27-21(26-18)10-4-3-5-11-21/h6-9,12-13H,3-5,10-11H2,1-2H3,(H,22,23). The first-order valence-corrected chi connectivity index (χ1v) is 11.3. The van der Waals surface area contributed by atoms with E-state index >= 15 is 0 Å². The van der Waals surface area contributed by atoms with E-state index in [1.165, 1.54) is 18.6 Å². The van der Waals surface area contributed by atoms with Gasteiger partial charge in [0.2, 0.25) is 0 Å². The number of ether oxygens (including phenoxy) is 2. The number of nitrogens with one attached hydrogen (secondary N) is 1. The molecular formula is C21H23NO5S. The van der Waals surface area contributed by atoms with Gasteiger partial charge in [0.15, 0.2) is 21.3 Å². The Labute approximate surface area is 164 Å². The van der Waals surface area contributed by atoms with Crippen molar-refractivity contribution in [1.29, 1.82) is 0 Å². The zero-order valence-electron chi connectivity index (χ0n) is 15.9. The Morgan fingerprint density at radius 1 is 1.00 bits per heavy atom. The second-order valence-electron chi connectivity index (χ2n) is 7.54. The lowest BCUT2D eigenvalue weighted by molar-refractivity contribution is -0.105. The van der Waals surface area contributed by atoms with Gasteiger partial charge in [-0.25, -0.2) is 8.42 Å². The van der Waals surface area contributed by atoms with Crippen LogP contribution in [0.1, 0.15) is 48.0 Å². The molecule has 2 aliphatic rings. The van der Waals surface area contributed by atoms with Gasteiger partial charge in [0, 0.05) is 36.4 Å². The molecule has 1 fully saturated rings. The molecular weight excluding hydrogens is 378 g/mol. The normalized spacial score (nSPS) is 17.5. The summed E-state index contributed by atoms with van der Waals surface area (Å²) < 4.78 is 35.7. The largest absolute Gasteiger partial charge is 0.448 e. The fourth-order valence-corrected chi connectivity index (χ4v) is 4.39. The third kappa shape index (κ3) is 3.58. The van der Waals surface area contributed by atoms with E-state index in [1.54, 1.807) is 31.2 Å². The molecule has 6 nitrogen and oxygen atoms in total. The number of rotatable bonds is 3. The maximum atomic E-state index is 12.7. The van der Waals surface area contributed by atoms with Gasteiger partial charge in [0.1, 0.15) is 0 Å². The molecule has 0 aromatic heterocycles. The Morgan fingerprint density at radius 2 is 1.71 bits per heavy atom. The Kier molecular flexibility index (Phi) is 4.57. The highest BCUT2D eigenvalue weighted by atomic mass is 32.2. The fraction of sp³-hybridized carbons (Fsp3) is 0.381. The number of benzene rings is 2. The summed E-state index contributed by atoms with van der Waals surface area (Å²) in [6, 6.07) is 9.87. The highest BCUT2D eigenvalue weighted by molar-refractivity contribution is 7.90. The summed E-state index contributed by atoms with van der Waals surface area (Å²) in [6.45, 7) is 1.77. The van der Waals surface area contributed by atoms with Crippen LogP contribution in [0.3, 0.4) is 0 Å². The summed E-state index contributed by atoms with van der Waals surface area (Å²) in [5.41, 5.74) is 1.60. The summed E-state index contributed by atoms with van der Waals surface area (Å²) in [5.74, 6) is 0.384. The highest BCUT2D eigenvalue weighted by Gasteiger charge is 2.42. The lowest BCUT2D eigenvalue weighted by atomic mass is 9.94. The molecule has 148 valence electrons. The van der Waals surface area contributed by atoms with Crippen LogP contribution in [0, 0.1) is 6.92 Å². The molecule has 0 bridgehead atoms. The first-order chi connectivity index (χ1) is 13.3. The summed E-state index contributed by atoms with van der Waals surface area (Å²) in [5, 5.41) is 2.83. The first kappa shape index (κ1) is 18.8. The van der Waals surface area contributed by atoms with E-state index in [0.717, 1.165) is 31.9 Å². The van der Waals surface area contributed by atoms with Crippen LogP contribution in [0.4, 0.5) is 5.69 Å². The summed E-state index contributed by atoms with van der Waals surface area (Å²) in [7, 11) is -3.39. The number of aryl methyl sites for hydroxylation is 1. The summed E-state index contributed by atoms with van der Waals surface area (Å²) >= 11 is 0. The van der Waals surface area contributed by atoms with Crippen LogP contribution in [0.15, 0.2) is 41.3 Å². The smallest absolute Gasteiger partial charge is 0.255 e. The Balaban J connectivity index is 1.55. The van der Waals surface area contributed by atoms with Gasteiger partial charge in [-0.05, 0) is 49.6 Å². The molecule has 1 aliphatic heterocycles. The number of anilines is 1. The molecule has 1 amide bonds. The topological polar surface area (TPSA) is 81.7 Å². The van der Waals surface area contributed by atoms with Crippen LogP contribution in [-0.2, 0) is 9.84 Å². The van der Waals surface area contributed by atoms with Gasteiger partial charge in [-0.15, -0.1) is 0 Å². The molecule has 0 saturated heterocycles. The summed E-state index contributed by atoms with van der Waals surface area (Å²) in [6.07, 6.45) is 6.19. The van der Waals surface area contributed by atoms with E-state index in [4.69, 9.17) is 9.47 Å². The molecule has 1 spiro atoms. The minimum Gasteiger partial charge on any atom is -0.448 e. The van der Waals surface area contributed by atoms with E-state index in [0.29, 0.717) is 28.3 Å². The predicted molar refractivity (Wildman–Crippen MR) is 106 cm³/mol. The zero-order chi connectivity index (χ0) is 19.9. The minimum absolute atomic E-state index is 0.119. The minimum atomic E-state index is -3.39. The molecule has 2 aromatic carbocycles. The molecule has 0 radical (unpaired) electrons. The van der Waals surface area contributed by atoms with Gasteiger partial charge in [0.25, 0.3) is 11.7 Å². The highest BCUT2D eigenvalue weighted by Crippen LogP contribution is 2.46. The van der Waals surface area contributed by atoms with Gasteiger partial charge < -0.3 is 14.8 Å². The lowest BCUT2D eigenvalue weighted by Crippen LogP contribution is -2.40. The van der Waals surface area contributed by atoms with Crippen molar-refractivity contribution in [3.05, 3.63) is 47.5 Å². The van der Waals surface area contributed by atoms with E-state index in [9.17, 15) is 13.2 Å². The van der Waals surface area contributed by atoms with Crippen molar-refractivity contribution in [3.63, 3.8) is 0 Å². The third-order valence-electron chi connectivity index (χ3n) is 5.29. The monoisotopic (exact) mass is 401 g/mol.